The normalized spacial score (nSPS) is 12.5. The Bertz CT molecular complexity index is 505. The number of hydrogen-bond acceptors (Lipinski definition) is 3. The predicted octanol–water partition coefficient (Wildman–Crippen LogP) is 4.07. The van der Waals surface area contributed by atoms with Crippen molar-refractivity contribution in [3.05, 3.63) is 45.7 Å². The van der Waals surface area contributed by atoms with Gasteiger partial charge < -0.3 is 5.32 Å². The van der Waals surface area contributed by atoms with E-state index in [1.807, 2.05) is 0 Å². The van der Waals surface area contributed by atoms with Gasteiger partial charge in [-0.25, -0.2) is 4.98 Å². The third-order valence-corrected chi connectivity index (χ3v) is 3.64. The standard InChI is InChI=1S/C13H15FN2S/c1-8-6-12(10(3)17-8)9(2)16-11-4-5-13(14)15-7-11/h4-7,9,16H,1-3H3. The van der Waals surface area contributed by atoms with E-state index in [0.29, 0.717) is 0 Å². The van der Waals surface area contributed by atoms with Crippen LogP contribution in [0.5, 0.6) is 0 Å². The molecule has 2 aromatic rings. The molecule has 0 aromatic carbocycles. The van der Waals surface area contributed by atoms with Crippen LogP contribution in [0.3, 0.4) is 0 Å². The maximum atomic E-state index is 12.7. The Hall–Kier alpha value is -1.42. The van der Waals surface area contributed by atoms with E-state index in [4.69, 9.17) is 0 Å². The molecule has 0 radical (unpaired) electrons. The van der Waals surface area contributed by atoms with Crippen LogP contribution in [0.4, 0.5) is 10.1 Å². The van der Waals surface area contributed by atoms with Crippen molar-refractivity contribution in [2.45, 2.75) is 26.8 Å². The first-order valence-corrected chi connectivity index (χ1v) is 6.33. The van der Waals surface area contributed by atoms with E-state index in [2.05, 4.69) is 37.1 Å². The summed E-state index contributed by atoms with van der Waals surface area (Å²) in [6, 6.07) is 5.45. The highest BCUT2D eigenvalue weighted by molar-refractivity contribution is 7.12. The number of aromatic nitrogens is 1. The van der Waals surface area contributed by atoms with Crippen LogP contribution in [-0.4, -0.2) is 4.98 Å². The summed E-state index contributed by atoms with van der Waals surface area (Å²) in [5, 5.41) is 3.32. The van der Waals surface area contributed by atoms with Crippen LogP contribution in [0.1, 0.15) is 28.3 Å². The predicted molar refractivity (Wildman–Crippen MR) is 70.0 cm³/mol. The highest BCUT2D eigenvalue weighted by Crippen LogP contribution is 2.28. The quantitative estimate of drug-likeness (QED) is 0.830. The summed E-state index contributed by atoms with van der Waals surface area (Å²) in [6.07, 6.45) is 1.51. The molecule has 0 fully saturated rings. The first-order chi connectivity index (χ1) is 8.06. The lowest BCUT2D eigenvalue weighted by molar-refractivity contribution is 0.584. The molecular weight excluding hydrogens is 235 g/mol. The van der Waals surface area contributed by atoms with Crippen LogP contribution in [0.2, 0.25) is 0 Å². The zero-order chi connectivity index (χ0) is 12.4. The third-order valence-electron chi connectivity index (χ3n) is 2.66. The summed E-state index contributed by atoms with van der Waals surface area (Å²) in [4.78, 5) is 6.25. The molecule has 0 aliphatic heterocycles. The topological polar surface area (TPSA) is 24.9 Å². The van der Waals surface area contributed by atoms with Crippen molar-refractivity contribution in [3.63, 3.8) is 0 Å². The van der Waals surface area contributed by atoms with Crippen molar-refractivity contribution in [2.24, 2.45) is 0 Å². The second-order valence-corrected chi connectivity index (χ2v) is 5.56. The molecule has 2 heterocycles. The van der Waals surface area contributed by atoms with E-state index in [0.717, 1.165) is 5.69 Å². The number of pyridine rings is 1. The molecule has 1 unspecified atom stereocenters. The SMILES string of the molecule is Cc1cc(C(C)Nc2ccc(F)nc2)c(C)s1. The number of nitrogens with one attached hydrogen (secondary N) is 1. The summed E-state index contributed by atoms with van der Waals surface area (Å²) in [5.74, 6) is -0.453. The number of aryl methyl sites for hydroxylation is 2. The number of hydrogen-bond donors (Lipinski definition) is 1. The van der Waals surface area contributed by atoms with Gasteiger partial charge in [-0.05, 0) is 44.5 Å². The number of thiophene rings is 1. The molecule has 0 amide bonds. The molecule has 1 N–H and O–H groups in total. The van der Waals surface area contributed by atoms with Gasteiger partial charge in [0.25, 0.3) is 0 Å². The maximum Gasteiger partial charge on any atom is 0.212 e. The van der Waals surface area contributed by atoms with E-state index in [1.54, 1.807) is 17.4 Å². The molecule has 1 atom stereocenters. The van der Waals surface area contributed by atoms with Crippen LogP contribution in [-0.2, 0) is 0 Å². The lowest BCUT2D eigenvalue weighted by Crippen LogP contribution is -2.07. The molecule has 0 bridgehead atoms. The van der Waals surface area contributed by atoms with Gasteiger partial charge >= 0.3 is 0 Å². The maximum absolute atomic E-state index is 12.7. The minimum Gasteiger partial charge on any atom is -0.377 e. The summed E-state index contributed by atoms with van der Waals surface area (Å²) >= 11 is 1.79. The van der Waals surface area contributed by atoms with Crippen molar-refractivity contribution in [1.82, 2.24) is 4.98 Å². The lowest BCUT2D eigenvalue weighted by Gasteiger charge is -2.14. The second kappa shape index (κ2) is 4.84. The molecule has 2 aromatic heterocycles. The summed E-state index contributed by atoms with van der Waals surface area (Å²) < 4.78 is 12.7. The zero-order valence-corrected chi connectivity index (χ0v) is 10.9. The first kappa shape index (κ1) is 12.0. The largest absolute Gasteiger partial charge is 0.377 e. The number of halogens is 1. The Morgan fingerprint density at radius 3 is 2.65 bits per heavy atom. The van der Waals surface area contributed by atoms with Gasteiger partial charge in [-0.2, -0.15) is 4.39 Å². The van der Waals surface area contributed by atoms with Gasteiger partial charge in [-0.15, -0.1) is 11.3 Å². The van der Waals surface area contributed by atoms with E-state index in [9.17, 15) is 4.39 Å². The Balaban J connectivity index is 2.14. The van der Waals surface area contributed by atoms with Gasteiger partial charge in [-0.1, -0.05) is 0 Å². The van der Waals surface area contributed by atoms with Crippen LogP contribution >= 0.6 is 11.3 Å². The van der Waals surface area contributed by atoms with Crippen LogP contribution in [0, 0.1) is 19.8 Å². The molecule has 0 saturated heterocycles. The Labute approximate surface area is 105 Å². The lowest BCUT2D eigenvalue weighted by atomic mass is 10.1. The third kappa shape index (κ3) is 2.82. The number of rotatable bonds is 3. The van der Waals surface area contributed by atoms with E-state index in [-0.39, 0.29) is 6.04 Å². The van der Waals surface area contributed by atoms with Crippen LogP contribution in [0.25, 0.3) is 0 Å². The highest BCUT2D eigenvalue weighted by atomic mass is 32.1. The fourth-order valence-corrected chi connectivity index (χ4v) is 2.89. The Kier molecular flexibility index (Phi) is 3.43. The molecule has 0 saturated carbocycles. The van der Waals surface area contributed by atoms with Crippen molar-refractivity contribution >= 4 is 17.0 Å². The zero-order valence-electron chi connectivity index (χ0n) is 10.1. The monoisotopic (exact) mass is 250 g/mol. The summed E-state index contributed by atoms with van der Waals surface area (Å²) in [5.41, 5.74) is 2.12. The van der Waals surface area contributed by atoms with Crippen molar-refractivity contribution in [3.8, 4) is 0 Å². The minimum atomic E-state index is -0.453. The van der Waals surface area contributed by atoms with Gasteiger partial charge in [0.05, 0.1) is 11.9 Å². The summed E-state index contributed by atoms with van der Waals surface area (Å²) in [7, 11) is 0. The molecular formula is C13H15FN2S. The minimum absolute atomic E-state index is 0.201. The Morgan fingerprint density at radius 1 is 1.35 bits per heavy atom. The Morgan fingerprint density at radius 2 is 2.12 bits per heavy atom. The van der Waals surface area contributed by atoms with Crippen molar-refractivity contribution in [2.75, 3.05) is 5.32 Å². The molecule has 17 heavy (non-hydrogen) atoms. The molecule has 2 nitrogen and oxygen atoms in total. The van der Waals surface area contributed by atoms with Gasteiger partial charge in [0.2, 0.25) is 5.95 Å². The molecule has 0 aliphatic rings. The molecule has 90 valence electrons. The number of anilines is 1. The molecule has 0 spiro atoms. The van der Waals surface area contributed by atoms with Gasteiger partial charge in [-0.3, -0.25) is 0 Å². The second-order valence-electron chi connectivity index (χ2n) is 4.10. The van der Waals surface area contributed by atoms with E-state index < -0.39 is 5.95 Å². The smallest absolute Gasteiger partial charge is 0.212 e. The molecule has 2 rings (SSSR count). The van der Waals surface area contributed by atoms with Gasteiger partial charge in [0.1, 0.15) is 0 Å². The summed E-state index contributed by atoms with van der Waals surface area (Å²) in [6.45, 7) is 6.32. The average Bonchev–Trinajstić information content (AvgIpc) is 2.61. The fraction of sp³-hybridized carbons (Fsp3) is 0.308. The van der Waals surface area contributed by atoms with E-state index >= 15 is 0 Å². The van der Waals surface area contributed by atoms with E-state index in [1.165, 1.54) is 27.6 Å². The fourth-order valence-electron chi connectivity index (χ4n) is 1.87. The first-order valence-electron chi connectivity index (χ1n) is 5.51. The van der Waals surface area contributed by atoms with Crippen molar-refractivity contribution < 1.29 is 4.39 Å². The number of nitrogens with zero attached hydrogens (tertiary/aromatic N) is 1. The van der Waals surface area contributed by atoms with Gasteiger partial charge in [0, 0.05) is 15.8 Å². The highest BCUT2D eigenvalue weighted by Gasteiger charge is 2.11. The van der Waals surface area contributed by atoms with Crippen LogP contribution in [0.15, 0.2) is 24.4 Å². The molecule has 4 heteroatoms. The van der Waals surface area contributed by atoms with Gasteiger partial charge in [0.15, 0.2) is 0 Å². The van der Waals surface area contributed by atoms with Crippen LogP contribution < -0.4 is 5.32 Å². The molecule has 0 aliphatic carbocycles. The van der Waals surface area contributed by atoms with Crippen molar-refractivity contribution in [1.29, 1.82) is 0 Å². The average molecular weight is 250 g/mol.